The molecule has 0 saturated heterocycles. The second-order valence-corrected chi connectivity index (χ2v) is 12.1. The third-order valence-electron chi connectivity index (χ3n) is 4.47. The van der Waals surface area contributed by atoms with Crippen molar-refractivity contribution in [2.45, 2.75) is 5.75 Å². The van der Waals surface area contributed by atoms with E-state index in [1.807, 2.05) is 0 Å². The molecule has 3 aromatic rings. The molecular weight excluding hydrogens is 552 g/mol. The summed E-state index contributed by atoms with van der Waals surface area (Å²) in [7, 11) is -9.00. The van der Waals surface area contributed by atoms with Crippen LogP contribution in [0.3, 0.4) is 0 Å². The van der Waals surface area contributed by atoms with E-state index >= 15 is 0 Å². The van der Waals surface area contributed by atoms with Gasteiger partial charge in [-0.15, -0.1) is 0 Å². The number of halogens is 2. The Kier molecular flexibility index (Phi) is 9.03. The van der Waals surface area contributed by atoms with Gasteiger partial charge in [0.15, 0.2) is 0 Å². The van der Waals surface area contributed by atoms with Gasteiger partial charge in [0.2, 0.25) is 9.84 Å². The Labute approximate surface area is 217 Å². The maximum atomic E-state index is 13.8. The molecule has 0 unspecified atom stereocenters. The lowest BCUT2D eigenvalue weighted by atomic mass is 10.2. The van der Waals surface area contributed by atoms with E-state index in [9.17, 15) is 27.7 Å². The zero-order valence-corrected chi connectivity index (χ0v) is 21.7. The molecule has 190 valence electrons. The Morgan fingerprint density at radius 3 is 1.86 bits per heavy atom. The van der Waals surface area contributed by atoms with Crippen molar-refractivity contribution < 1.29 is 36.7 Å². The van der Waals surface area contributed by atoms with Crippen LogP contribution in [0.1, 0.15) is 5.56 Å². The molecule has 1 amide bonds. The maximum absolute atomic E-state index is 13.8. The van der Waals surface area contributed by atoms with Gasteiger partial charge in [-0.3, -0.25) is 9.59 Å². The monoisotopic (exact) mass is 571 g/mol. The van der Waals surface area contributed by atoms with Crippen molar-refractivity contribution in [2.75, 3.05) is 12.8 Å². The summed E-state index contributed by atoms with van der Waals surface area (Å²) in [5.74, 6) is -2.24. The predicted molar refractivity (Wildman–Crippen MR) is 135 cm³/mol. The summed E-state index contributed by atoms with van der Waals surface area (Å²) in [5.41, 5.74) is 0.315. The van der Waals surface area contributed by atoms with E-state index < -0.39 is 47.2 Å². The van der Waals surface area contributed by atoms with Crippen LogP contribution in [0.4, 0.5) is 4.79 Å². The number of amides is 1. The summed E-state index contributed by atoms with van der Waals surface area (Å²) >= 11 is 11.9. The number of benzene rings is 3. The molecule has 3 rings (SSSR count). The Bertz CT molecular complexity index is 1350. The summed E-state index contributed by atoms with van der Waals surface area (Å²) in [6, 6.07) is 19.4. The van der Waals surface area contributed by atoms with Crippen LogP contribution in [0.5, 0.6) is 11.5 Å². The number of hydrogen-bond acceptors (Lipinski definition) is 7. The van der Waals surface area contributed by atoms with E-state index in [2.05, 4.69) is 0 Å². The van der Waals surface area contributed by atoms with Gasteiger partial charge in [0, 0.05) is 10.0 Å². The topological polar surface area (TPSA) is 127 Å². The number of carboxylic acid groups (broad SMARTS) is 1. The molecule has 9 nitrogen and oxygen atoms in total. The van der Waals surface area contributed by atoms with Crippen molar-refractivity contribution in [2.24, 2.45) is 0 Å². The lowest BCUT2D eigenvalue weighted by molar-refractivity contribution is -0.137. The molecule has 0 spiro atoms. The molecular formula is C23H20Cl2NO8PS. The zero-order chi connectivity index (χ0) is 26.3. The molecule has 36 heavy (non-hydrogen) atoms. The average Bonchev–Trinajstić information content (AvgIpc) is 2.78. The Morgan fingerprint density at radius 1 is 0.861 bits per heavy atom. The lowest BCUT2D eigenvalue weighted by Crippen LogP contribution is -2.41. The normalized spacial score (nSPS) is 11.5. The van der Waals surface area contributed by atoms with Gasteiger partial charge in [-0.25, -0.2) is 13.0 Å². The molecule has 13 heteroatoms. The molecule has 0 aliphatic rings. The summed E-state index contributed by atoms with van der Waals surface area (Å²) in [5, 5.41) is 8.28. The minimum Gasteiger partial charge on any atom is -0.480 e. The van der Waals surface area contributed by atoms with Crippen molar-refractivity contribution in [1.82, 2.24) is 4.90 Å². The van der Waals surface area contributed by atoms with Gasteiger partial charge in [0.05, 0.1) is 5.75 Å². The first-order valence-electron chi connectivity index (χ1n) is 10.2. The molecule has 0 saturated carbocycles. The zero-order valence-electron chi connectivity index (χ0n) is 18.5. The van der Waals surface area contributed by atoms with Crippen molar-refractivity contribution in [3.05, 3.63) is 94.5 Å². The van der Waals surface area contributed by atoms with Crippen molar-refractivity contribution in [1.29, 1.82) is 0 Å². The van der Waals surface area contributed by atoms with Gasteiger partial charge in [0.25, 0.3) is 0 Å². The second-order valence-electron chi connectivity index (χ2n) is 7.45. The minimum absolute atomic E-state index is 0.0114. The minimum atomic E-state index is -4.54. The van der Waals surface area contributed by atoms with Crippen LogP contribution >= 0.6 is 30.8 Å². The van der Waals surface area contributed by atoms with Crippen LogP contribution < -0.4 is 9.05 Å². The third kappa shape index (κ3) is 7.99. The van der Waals surface area contributed by atoms with E-state index in [1.165, 1.54) is 60.7 Å². The number of hydrogen-bond donors (Lipinski definition) is 1. The molecule has 0 radical (unpaired) electrons. The van der Waals surface area contributed by atoms with E-state index in [4.69, 9.17) is 32.2 Å². The summed E-state index contributed by atoms with van der Waals surface area (Å²) in [6.45, 7) is -1.07. The van der Waals surface area contributed by atoms with Crippen LogP contribution in [-0.4, -0.2) is 42.5 Å². The molecule has 0 bridgehead atoms. The highest BCUT2D eigenvalue weighted by atomic mass is 35.5. The highest BCUT2D eigenvalue weighted by Gasteiger charge is 2.39. The molecule has 0 aliphatic carbocycles. The summed E-state index contributed by atoms with van der Waals surface area (Å²) in [6.07, 6.45) is -0.995. The van der Waals surface area contributed by atoms with E-state index in [0.717, 1.165) is 0 Å². The van der Waals surface area contributed by atoms with Gasteiger partial charge in [-0.05, 0) is 42.0 Å². The van der Waals surface area contributed by atoms with Gasteiger partial charge >= 0.3 is 18.8 Å². The Balaban J connectivity index is 1.96. The van der Waals surface area contributed by atoms with E-state index in [-0.39, 0.29) is 21.5 Å². The molecule has 0 aromatic heterocycles. The maximum Gasteiger partial charge on any atom is 0.450 e. The Hall–Kier alpha value is -3.04. The Morgan fingerprint density at radius 2 is 1.39 bits per heavy atom. The van der Waals surface area contributed by atoms with Crippen molar-refractivity contribution in [3.63, 3.8) is 0 Å². The van der Waals surface area contributed by atoms with E-state index in [1.54, 1.807) is 18.2 Å². The molecule has 0 heterocycles. The van der Waals surface area contributed by atoms with Gasteiger partial charge in [0.1, 0.15) is 24.3 Å². The molecule has 0 atom stereocenters. The smallest absolute Gasteiger partial charge is 0.450 e. The van der Waals surface area contributed by atoms with Crippen LogP contribution in [0.25, 0.3) is 0 Å². The van der Waals surface area contributed by atoms with Crippen molar-refractivity contribution in [3.8, 4) is 11.5 Å². The molecule has 0 aliphatic heterocycles. The van der Waals surface area contributed by atoms with Crippen LogP contribution in [0.15, 0.2) is 78.9 Å². The quantitative estimate of drug-likeness (QED) is 0.306. The number of carbonyl (C=O) groups is 2. The fourth-order valence-corrected chi connectivity index (χ4v) is 6.44. The highest BCUT2D eigenvalue weighted by molar-refractivity contribution is 8.05. The van der Waals surface area contributed by atoms with Crippen LogP contribution in [0, 0.1) is 0 Å². The lowest BCUT2D eigenvalue weighted by Gasteiger charge is -2.26. The summed E-state index contributed by atoms with van der Waals surface area (Å²) in [4.78, 5) is 24.9. The van der Waals surface area contributed by atoms with Crippen LogP contribution in [0.2, 0.25) is 10.0 Å². The van der Waals surface area contributed by atoms with Gasteiger partial charge in [-0.1, -0.05) is 65.7 Å². The third-order valence-corrected chi connectivity index (χ3v) is 8.11. The summed E-state index contributed by atoms with van der Waals surface area (Å²) < 4.78 is 50.6. The number of rotatable bonds is 10. The fraction of sp³-hybridized carbons (Fsp3) is 0.130. The predicted octanol–water partition coefficient (Wildman–Crippen LogP) is 5.72. The molecule has 0 fully saturated rings. The average molecular weight is 572 g/mol. The van der Waals surface area contributed by atoms with E-state index in [0.29, 0.717) is 10.5 Å². The first-order valence-corrected chi connectivity index (χ1v) is 14.4. The van der Waals surface area contributed by atoms with Gasteiger partial charge < -0.3 is 19.1 Å². The molecule has 3 aromatic carbocycles. The fourth-order valence-electron chi connectivity index (χ4n) is 3.04. The van der Waals surface area contributed by atoms with Crippen molar-refractivity contribution >= 4 is 51.8 Å². The van der Waals surface area contributed by atoms with Gasteiger partial charge in [-0.2, -0.15) is 0 Å². The highest BCUT2D eigenvalue weighted by Crippen LogP contribution is 2.49. The first-order chi connectivity index (χ1) is 17.0. The number of sulfone groups is 1. The first kappa shape index (κ1) is 27.5. The number of aliphatic carboxylic acids is 1. The number of carbonyl (C=O) groups excluding carboxylic acids is 1. The second kappa shape index (κ2) is 11.8. The standard InChI is InChI=1S/C23H20Cl2NO8PS/c24-18-8-4-10-20(12-18)33-35(30,34-21-11-5-9-19(25)13-21)16-26(14-22(27)28)23(29)36(31,32)15-17-6-2-1-3-7-17/h1-13H,14-16H2,(H,27,28). The largest absolute Gasteiger partial charge is 0.480 e. The number of nitrogens with zero attached hydrogens (tertiary/aromatic N) is 1. The van der Waals surface area contributed by atoms with Crippen LogP contribution in [-0.2, 0) is 24.9 Å². The number of carboxylic acids is 1. The SMILES string of the molecule is O=C(O)CN(CP(=O)(Oc1cccc(Cl)c1)Oc1cccc(Cl)c1)C(=O)S(=O)(=O)Cc1ccccc1. The molecule has 1 N–H and O–H groups in total.